The predicted octanol–water partition coefficient (Wildman–Crippen LogP) is 1.02. The van der Waals surface area contributed by atoms with Gasteiger partial charge in [-0.05, 0) is 13.3 Å². The Morgan fingerprint density at radius 1 is 1.26 bits per heavy atom. The first-order valence-corrected chi connectivity index (χ1v) is 6.80. The topological polar surface area (TPSA) is 58.2 Å². The molecule has 5 nitrogen and oxygen atoms in total. The normalized spacial score (nSPS) is 12.7. The predicted molar refractivity (Wildman–Crippen MR) is 77.3 cm³/mol. The van der Waals surface area contributed by atoms with Crippen molar-refractivity contribution in [3.8, 4) is 0 Å². The fraction of sp³-hybridized carbons (Fsp3) is 0.714. The maximum Gasteiger partial charge on any atom is 0.275 e. The Balaban J connectivity index is 4.59. The van der Waals surface area contributed by atoms with Crippen LogP contribution >= 0.6 is 0 Å². The second kappa shape index (κ2) is 7.94. The van der Waals surface area contributed by atoms with Gasteiger partial charge in [-0.3, -0.25) is 9.59 Å². The Kier molecular flexibility index (Phi) is 7.37. The van der Waals surface area contributed by atoms with Crippen LogP contribution in [-0.4, -0.2) is 49.6 Å². The molecule has 0 saturated carbocycles. The fourth-order valence-corrected chi connectivity index (χ4v) is 1.85. The van der Waals surface area contributed by atoms with Gasteiger partial charge in [0.15, 0.2) is 12.7 Å². The smallest absolute Gasteiger partial charge is 0.275 e. The van der Waals surface area contributed by atoms with Crippen LogP contribution in [0.5, 0.6) is 0 Å². The van der Waals surface area contributed by atoms with E-state index in [1.165, 1.54) is 0 Å². The summed E-state index contributed by atoms with van der Waals surface area (Å²) in [6.45, 7) is 10.3. The van der Waals surface area contributed by atoms with Crippen LogP contribution in [0.25, 0.3) is 0 Å². The Labute approximate surface area is 116 Å². The highest BCUT2D eigenvalue weighted by molar-refractivity contribution is 5.92. The van der Waals surface area contributed by atoms with Crippen LogP contribution in [0.3, 0.4) is 0 Å². The molecule has 0 aliphatic rings. The molecule has 0 fully saturated rings. The van der Waals surface area contributed by atoms with E-state index < -0.39 is 0 Å². The molecule has 0 aromatic rings. The molecule has 0 aliphatic heterocycles. The molecule has 1 atom stereocenters. The third-order valence-electron chi connectivity index (χ3n) is 3.04. The maximum atomic E-state index is 11.8. The summed E-state index contributed by atoms with van der Waals surface area (Å²) in [4.78, 5) is 23.5. The van der Waals surface area contributed by atoms with Crippen LogP contribution in [0.2, 0.25) is 0 Å². The van der Waals surface area contributed by atoms with Crippen molar-refractivity contribution in [1.29, 1.82) is 0 Å². The summed E-state index contributed by atoms with van der Waals surface area (Å²) in [6, 6.07) is 0. The number of quaternary nitrogens is 1. The second-order valence-corrected chi connectivity index (χ2v) is 5.46. The summed E-state index contributed by atoms with van der Waals surface area (Å²) >= 11 is 0. The molecule has 0 aliphatic carbocycles. The van der Waals surface area contributed by atoms with Crippen molar-refractivity contribution in [1.82, 2.24) is 10.6 Å². The minimum Gasteiger partial charge on any atom is -0.351 e. The molecule has 0 aromatic carbocycles. The maximum absolute atomic E-state index is 11.8. The van der Waals surface area contributed by atoms with Crippen LogP contribution in [0.4, 0.5) is 0 Å². The molecule has 2 N–H and O–H groups in total. The van der Waals surface area contributed by atoms with Crippen molar-refractivity contribution < 1.29 is 14.1 Å². The van der Waals surface area contributed by atoms with Crippen LogP contribution in [-0.2, 0) is 9.59 Å². The molecular formula is C14H28N3O2+. The van der Waals surface area contributed by atoms with Gasteiger partial charge in [0, 0.05) is 18.5 Å². The molecule has 1 unspecified atom stereocenters. The highest BCUT2D eigenvalue weighted by Crippen LogP contribution is 2.08. The van der Waals surface area contributed by atoms with E-state index in [1.54, 1.807) is 6.92 Å². The molecule has 19 heavy (non-hydrogen) atoms. The summed E-state index contributed by atoms with van der Waals surface area (Å²) < 4.78 is 0.422. The molecule has 0 radical (unpaired) electrons. The average molecular weight is 270 g/mol. The van der Waals surface area contributed by atoms with Crippen LogP contribution in [0.15, 0.2) is 12.2 Å². The van der Waals surface area contributed by atoms with Crippen molar-refractivity contribution in [3.63, 3.8) is 0 Å². The Bertz CT molecular complexity index is 338. The molecule has 5 heteroatoms. The largest absolute Gasteiger partial charge is 0.351 e. The highest BCUT2D eigenvalue weighted by atomic mass is 16.2. The van der Waals surface area contributed by atoms with Gasteiger partial charge in [-0.1, -0.05) is 20.4 Å². The molecule has 0 heterocycles. The first-order chi connectivity index (χ1) is 8.74. The highest BCUT2D eigenvalue weighted by Gasteiger charge is 2.30. The number of likely N-dealkylation sites (N-methyl/N-ethyl adjacent to an activating group) is 1. The number of carbonyl (C=O) groups is 2. The van der Waals surface area contributed by atoms with E-state index in [2.05, 4.69) is 17.2 Å². The van der Waals surface area contributed by atoms with Gasteiger partial charge in [0.2, 0.25) is 0 Å². The molecule has 0 bridgehead atoms. The first kappa shape index (κ1) is 17.6. The van der Waals surface area contributed by atoms with Gasteiger partial charge in [-0.15, -0.1) is 0 Å². The third kappa shape index (κ3) is 6.38. The summed E-state index contributed by atoms with van der Waals surface area (Å²) in [5.41, 5.74) is 0.480. The van der Waals surface area contributed by atoms with Gasteiger partial charge >= 0.3 is 0 Å². The van der Waals surface area contributed by atoms with Gasteiger partial charge in [0.1, 0.15) is 0 Å². The summed E-state index contributed by atoms with van der Waals surface area (Å²) in [5.74, 6) is -0.151. The number of nitrogens with one attached hydrogen (secondary N) is 2. The van der Waals surface area contributed by atoms with E-state index in [4.69, 9.17) is 0 Å². The van der Waals surface area contributed by atoms with Gasteiger partial charge in [0.05, 0.1) is 14.1 Å². The monoisotopic (exact) mass is 270 g/mol. The fourth-order valence-electron chi connectivity index (χ4n) is 1.85. The minimum absolute atomic E-state index is 0.00914. The van der Waals surface area contributed by atoms with E-state index in [-0.39, 0.29) is 18.0 Å². The van der Waals surface area contributed by atoms with Crippen molar-refractivity contribution in [3.05, 3.63) is 12.2 Å². The third-order valence-corrected chi connectivity index (χ3v) is 3.04. The summed E-state index contributed by atoms with van der Waals surface area (Å²) in [6.07, 6.45) is 1.58. The molecule has 0 spiro atoms. The zero-order chi connectivity index (χ0) is 15.1. The lowest BCUT2D eigenvalue weighted by molar-refractivity contribution is -0.910. The summed E-state index contributed by atoms with van der Waals surface area (Å²) in [5, 5.41) is 5.78. The van der Waals surface area contributed by atoms with Gasteiger partial charge in [-0.25, -0.2) is 0 Å². The van der Waals surface area contributed by atoms with E-state index in [1.807, 2.05) is 27.9 Å². The quantitative estimate of drug-likeness (QED) is 0.393. The molecule has 110 valence electrons. The molecule has 0 saturated heterocycles. The number of rotatable bonds is 8. The standard InChI is InChI=1S/C14H27N3O2/c1-7-9-15-13(18)10-17(5,6)12(8-2)16-14(19)11(3)4/h12H,3,7-10H2,1-2,4-6H3,(H-,15,16,18,19)/p+1. The van der Waals surface area contributed by atoms with E-state index in [0.717, 1.165) is 12.8 Å². The van der Waals surface area contributed by atoms with Gasteiger partial charge in [0.25, 0.3) is 11.8 Å². The van der Waals surface area contributed by atoms with E-state index >= 15 is 0 Å². The molecular weight excluding hydrogens is 242 g/mol. The first-order valence-electron chi connectivity index (χ1n) is 6.80. The number of amides is 2. The van der Waals surface area contributed by atoms with Gasteiger partial charge in [-0.2, -0.15) is 0 Å². The number of hydrogen-bond donors (Lipinski definition) is 2. The van der Waals surface area contributed by atoms with Crippen molar-refractivity contribution in [2.45, 2.75) is 39.8 Å². The second-order valence-electron chi connectivity index (χ2n) is 5.46. The zero-order valence-corrected chi connectivity index (χ0v) is 12.9. The van der Waals surface area contributed by atoms with Gasteiger partial charge < -0.3 is 15.1 Å². The molecule has 2 amide bonds. The summed E-state index contributed by atoms with van der Waals surface area (Å²) in [7, 11) is 3.89. The SMILES string of the molecule is C=C(C)C(=O)NC(CC)[N+](C)(C)CC(=O)NCCC. The zero-order valence-electron chi connectivity index (χ0n) is 12.9. The Morgan fingerprint density at radius 2 is 1.84 bits per heavy atom. The molecule has 0 rings (SSSR count). The lowest BCUT2D eigenvalue weighted by Gasteiger charge is -2.37. The lowest BCUT2D eigenvalue weighted by Crippen LogP contribution is -2.60. The van der Waals surface area contributed by atoms with Crippen LogP contribution in [0, 0.1) is 0 Å². The number of hydrogen-bond acceptors (Lipinski definition) is 2. The van der Waals surface area contributed by atoms with Crippen molar-refractivity contribution in [2.75, 3.05) is 27.2 Å². The lowest BCUT2D eigenvalue weighted by atomic mass is 10.2. The Morgan fingerprint density at radius 3 is 2.26 bits per heavy atom. The Hall–Kier alpha value is -1.36. The van der Waals surface area contributed by atoms with Crippen molar-refractivity contribution in [2.24, 2.45) is 0 Å². The van der Waals surface area contributed by atoms with E-state index in [9.17, 15) is 9.59 Å². The van der Waals surface area contributed by atoms with E-state index in [0.29, 0.717) is 23.1 Å². The van der Waals surface area contributed by atoms with Crippen LogP contribution < -0.4 is 10.6 Å². The average Bonchev–Trinajstić information content (AvgIpc) is 2.31. The minimum atomic E-state index is -0.160. The van der Waals surface area contributed by atoms with Crippen LogP contribution in [0.1, 0.15) is 33.6 Å². The number of carbonyl (C=O) groups excluding carboxylic acids is 2. The number of nitrogens with zero attached hydrogens (tertiary/aromatic N) is 1. The molecule has 0 aromatic heterocycles. The van der Waals surface area contributed by atoms with Crippen molar-refractivity contribution >= 4 is 11.8 Å².